The molecule has 1 aliphatic rings. The van der Waals surface area contributed by atoms with Crippen molar-refractivity contribution >= 4 is 40.7 Å². The molecule has 2 aromatic carbocycles. The zero-order chi connectivity index (χ0) is 23.0. The highest BCUT2D eigenvalue weighted by Crippen LogP contribution is 2.36. The minimum absolute atomic E-state index is 0.238. The number of hydrogen-bond donors (Lipinski definition) is 2. The van der Waals surface area contributed by atoms with Gasteiger partial charge in [-0.05, 0) is 48.2 Å². The van der Waals surface area contributed by atoms with E-state index in [9.17, 15) is 9.70 Å². The van der Waals surface area contributed by atoms with Crippen LogP contribution in [-0.2, 0) is 11.8 Å². The number of amides is 2. The van der Waals surface area contributed by atoms with Crippen LogP contribution in [0.5, 0.6) is 0 Å². The molecule has 0 aliphatic heterocycles. The molecule has 7 nitrogen and oxygen atoms in total. The molecule has 1 atom stereocenters. The fraction of sp³-hybridized carbons (Fsp3) is 0.304. The van der Waals surface area contributed by atoms with Crippen LogP contribution in [0.15, 0.2) is 47.6 Å². The first-order chi connectivity index (χ1) is 15.2. The summed E-state index contributed by atoms with van der Waals surface area (Å²) in [5.74, 6) is 0.485. The van der Waals surface area contributed by atoms with Gasteiger partial charge in [-0.25, -0.2) is 9.48 Å². The van der Waals surface area contributed by atoms with Crippen molar-refractivity contribution in [3.63, 3.8) is 0 Å². The maximum Gasteiger partial charge on any atom is 0.324 e. The standard InChI is InChI=1S/C23H23Cl2N5O2/c1-23(2,3)19-12-20(27-22(31)26-18-6-4-5-16(24)21(18)25)30(28-19)14-9-7-13-8-10-17(29-32)15(13)11-14/h4-7,9,11-12,17H,8,10H2,1-3H3,(H2,26,27,31). The number of aryl methyl sites for hydroxylation is 1. The van der Waals surface area contributed by atoms with Gasteiger partial charge in [-0.2, -0.15) is 10.0 Å². The first-order valence-corrected chi connectivity index (χ1v) is 11.0. The molecule has 32 heavy (non-hydrogen) atoms. The number of nitroso groups, excluding NO2 is 1. The minimum Gasteiger partial charge on any atom is -0.306 e. The van der Waals surface area contributed by atoms with Gasteiger partial charge in [0, 0.05) is 11.5 Å². The molecular weight excluding hydrogens is 449 g/mol. The third-order valence-corrected chi connectivity index (χ3v) is 6.29. The summed E-state index contributed by atoms with van der Waals surface area (Å²) in [4.78, 5) is 24.0. The number of carbonyl (C=O) groups excluding carboxylic acids is 1. The van der Waals surface area contributed by atoms with Crippen LogP contribution in [-0.4, -0.2) is 15.8 Å². The van der Waals surface area contributed by atoms with Gasteiger partial charge in [0.1, 0.15) is 11.9 Å². The van der Waals surface area contributed by atoms with Gasteiger partial charge in [0.05, 0.1) is 27.1 Å². The number of nitrogens with one attached hydrogen (secondary N) is 2. The fourth-order valence-electron chi connectivity index (χ4n) is 3.71. The van der Waals surface area contributed by atoms with Crippen LogP contribution in [0.2, 0.25) is 10.0 Å². The molecule has 0 saturated heterocycles. The van der Waals surface area contributed by atoms with E-state index < -0.39 is 6.03 Å². The Bertz CT molecular complexity index is 1200. The zero-order valence-electron chi connectivity index (χ0n) is 17.9. The van der Waals surface area contributed by atoms with Gasteiger partial charge >= 0.3 is 6.03 Å². The van der Waals surface area contributed by atoms with E-state index in [1.165, 1.54) is 0 Å². The Labute approximate surface area is 196 Å². The summed E-state index contributed by atoms with van der Waals surface area (Å²) in [6, 6.07) is 11.9. The van der Waals surface area contributed by atoms with Crippen molar-refractivity contribution < 1.29 is 4.79 Å². The quantitative estimate of drug-likeness (QED) is 0.406. The lowest BCUT2D eigenvalue weighted by atomic mass is 9.92. The molecule has 1 aromatic heterocycles. The average Bonchev–Trinajstić information content (AvgIpc) is 3.34. The molecule has 2 N–H and O–H groups in total. The van der Waals surface area contributed by atoms with Crippen LogP contribution < -0.4 is 10.6 Å². The van der Waals surface area contributed by atoms with Crippen molar-refractivity contribution in [3.8, 4) is 5.69 Å². The summed E-state index contributed by atoms with van der Waals surface area (Å²) in [5.41, 5.74) is 3.73. The van der Waals surface area contributed by atoms with Crippen molar-refractivity contribution in [2.24, 2.45) is 5.18 Å². The lowest BCUT2D eigenvalue weighted by molar-refractivity contribution is 0.262. The first kappa shape index (κ1) is 22.3. The van der Waals surface area contributed by atoms with Crippen LogP contribution in [0, 0.1) is 4.91 Å². The Morgan fingerprint density at radius 2 is 1.94 bits per heavy atom. The van der Waals surface area contributed by atoms with E-state index in [0.717, 1.165) is 28.9 Å². The Kier molecular flexibility index (Phi) is 5.97. The van der Waals surface area contributed by atoms with Crippen molar-refractivity contribution in [3.05, 3.63) is 74.2 Å². The smallest absolute Gasteiger partial charge is 0.306 e. The highest BCUT2D eigenvalue weighted by Gasteiger charge is 2.26. The third kappa shape index (κ3) is 4.36. The molecule has 0 fully saturated rings. The van der Waals surface area contributed by atoms with Crippen LogP contribution in [0.25, 0.3) is 5.69 Å². The van der Waals surface area contributed by atoms with Crippen LogP contribution in [0.1, 0.15) is 50.1 Å². The highest BCUT2D eigenvalue weighted by molar-refractivity contribution is 6.44. The number of fused-ring (bicyclic) bond motifs is 1. The number of anilines is 2. The van der Waals surface area contributed by atoms with Gasteiger partial charge in [0.15, 0.2) is 0 Å². The summed E-state index contributed by atoms with van der Waals surface area (Å²) in [7, 11) is 0. The molecule has 1 aliphatic carbocycles. The molecule has 1 unspecified atom stereocenters. The molecule has 0 bridgehead atoms. The van der Waals surface area contributed by atoms with Gasteiger partial charge in [-0.1, -0.05) is 61.3 Å². The van der Waals surface area contributed by atoms with E-state index in [-0.39, 0.29) is 16.5 Å². The number of hydrogen-bond acceptors (Lipinski definition) is 4. The normalized spacial score (nSPS) is 15.3. The molecule has 4 rings (SSSR count). The summed E-state index contributed by atoms with van der Waals surface area (Å²) in [5, 5.41) is 14.2. The fourth-order valence-corrected chi connectivity index (χ4v) is 4.06. The second kappa shape index (κ2) is 8.56. The Morgan fingerprint density at radius 1 is 1.16 bits per heavy atom. The number of nitrogens with zero attached hydrogens (tertiary/aromatic N) is 3. The number of carbonyl (C=O) groups is 1. The Morgan fingerprint density at radius 3 is 2.66 bits per heavy atom. The van der Waals surface area contributed by atoms with E-state index in [0.29, 0.717) is 22.9 Å². The molecule has 2 amide bonds. The largest absolute Gasteiger partial charge is 0.324 e. The Balaban J connectivity index is 1.68. The molecule has 0 saturated carbocycles. The molecular formula is C23H23Cl2N5O2. The van der Waals surface area contributed by atoms with Crippen molar-refractivity contribution in [1.82, 2.24) is 9.78 Å². The molecule has 1 heterocycles. The topological polar surface area (TPSA) is 88.4 Å². The van der Waals surface area contributed by atoms with E-state index in [4.69, 9.17) is 28.3 Å². The lowest BCUT2D eigenvalue weighted by Gasteiger charge is -2.14. The van der Waals surface area contributed by atoms with Crippen molar-refractivity contribution in [2.75, 3.05) is 10.6 Å². The predicted octanol–water partition coefficient (Wildman–Crippen LogP) is 6.87. The van der Waals surface area contributed by atoms with Gasteiger partial charge in [0.25, 0.3) is 0 Å². The maximum absolute atomic E-state index is 12.8. The van der Waals surface area contributed by atoms with E-state index in [2.05, 4.69) is 15.8 Å². The second-order valence-electron chi connectivity index (χ2n) is 8.80. The van der Waals surface area contributed by atoms with Crippen LogP contribution >= 0.6 is 23.2 Å². The van der Waals surface area contributed by atoms with Crippen molar-refractivity contribution in [2.45, 2.75) is 45.1 Å². The van der Waals surface area contributed by atoms with Crippen molar-refractivity contribution in [1.29, 1.82) is 0 Å². The monoisotopic (exact) mass is 471 g/mol. The second-order valence-corrected chi connectivity index (χ2v) is 9.59. The predicted molar refractivity (Wildman–Crippen MR) is 128 cm³/mol. The first-order valence-electron chi connectivity index (χ1n) is 10.3. The van der Waals surface area contributed by atoms with Crippen LogP contribution in [0.3, 0.4) is 0 Å². The lowest BCUT2D eigenvalue weighted by Crippen LogP contribution is -2.21. The van der Waals surface area contributed by atoms with E-state index >= 15 is 0 Å². The van der Waals surface area contributed by atoms with Gasteiger partial charge in [0.2, 0.25) is 0 Å². The SMILES string of the molecule is CC(C)(C)c1cc(NC(=O)Nc2cccc(Cl)c2Cl)n(-c2ccc3c(c2)C(N=O)CC3)n1. The number of halogens is 2. The minimum atomic E-state index is -0.482. The summed E-state index contributed by atoms with van der Waals surface area (Å²) < 4.78 is 1.67. The summed E-state index contributed by atoms with van der Waals surface area (Å²) in [6.45, 7) is 6.14. The maximum atomic E-state index is 12.8. The molecule has 0 radical (unpaired) electrons. The van der Waals surface area contributed by atoms with Crippen LogP contribution in [0.4, 0.5) is 16.3 Å². The molecule has 3 aromatic rings. The number of benzene rings is 2. The van der Waals surface area contributed by atoms with E-state index in [1.807, 2.05) is 45.0 Å². The van der Waals surface area contributed by atoms with Gasteiger partial charge in [-0.3, -0.25) is 5.32 Å². The Hall–Kier alpha value is -2.90. The van der Waals surface area contributed by atoms with Gasteiger partial charge < -0.3 is 5.32 Å². The highest BCUT2D eigenvalue weighted by atomic mass is 35.5. The molecule has 9 heteroatoms. The zero-order valence-corrected chi connectivity index (χ0v) is 19.5. The number of aromatic nitrogens is 2. The molecule has 166 valence electrons. The van der Waals surface area contributed by atoms with Gasteiger partial charge in [-0.15, -0.1) is 0 Å². The number of rotatable bonds is 4. The summed E-state index contributed by atoms with van der Waals surface area (Å²) >= 11 is 12.2. The molecule has 0 spiro atoms. The average molecular weight is 472 g/mol. The summed E-state index contributed by atoms with van der Waals surface area (Å²) in [6.07, 6.45) is 1.54. The number of urea groups is 1. The van der Waals surface area contributed by atoms with E-state index in [1.54, 1.807) is 22.9 Å². The third-order valence-electron chi connectivity index (χ3n) is 5.47.